The van der Waals surface area contributed by atoms with E-state index in [1.165, 1.54) is 10.6 Å². The molecule has 0 bridgehead atoms. The zero-order valence-electron chi connectivity index (χ0n) is 7.06. The third kappa shape index (κ3) is 2.69. The molecule has 2 heterocycles. The number of nitrogens with zero attached hydrogens (tertiary/aromatic N) is 2. The molecule has 1 aliphatic heterocycles. The van der Waals surface area contributed by atoms with Crippen LogP contribution in [-0.2, 0) is 13.0 Å². The summed E-state index contributed by atoms with van der Waals surface area (Å²) in [6.45, 7) is 2.21. The molecule has 6 heteroatoms. The molecule has 0 radical (unpaired) electrons. The molecule has 1 aromatic rings. The third-order valence-corrected chi connectivity index (χ3v) is 3.43. The number of hydrogen-bond donors (Lipinski definition) is 0. The van der Waals surface area contributed by atoms with Crippen molar-refractivity contribution >= 4 is 27.3 Å². The fourth-order valence-corrected chi connectivity index (χ4v) is 3.00. The summed E-state index contributed by atoms with van der Waals surface area (Å²) < 4.78 is 17.0. The summed E-state index contributed by atoms with van der Waals surface area (Å²) in [6, 6.07) is 0. The molecular weight excluding hydrogens is 262 g/mol. The van der Waals surface area contributed by atoms with Crippen LogP contribution in [0.5, 0.6) is 0 Å². The molecule has 74 valence electrons. The number of thiazole rings is 1. The molecular formula is C7H9BrF2N2S. The van der Waals surface area contributed by atoms with E-state index < -0.39 is 0 Å². The van der Waals surface area contributed by atoms with Crippen LogP contribution in [-0.4, -0.2) is 23.5 Å². The van der Waals surface area contributed by atoms with Gasteiger partial charge >= 0.3 is 0 Å². The maximum Gasteiger partial charge on any atom is 0.159 e. The van der Waals surface area contributed by atoms with Gasteiger partial charge in [0.15, 0.2) is 3.92 Å². The minimum atomic E-state index is 1.03. The van der Waals surface area contributed by atoms with Crippen molar-refractivity contribution < 1.29 is 9.15 Å². The van der Waals surface area contributed by atoms with Gasteiger partial charge in [0.05, 0.1) is 5.69 Å². The van der Waals surface area contributed by atoms with Gasteiger partial charge < -0.3 is 4.90 Å². The van der Waals surface area contributed by atoms with E-state index in [-0.39, 0.29) is 0 Å². The van der Waals surface area contributed by atoms with Crippen molar-refractivity contribution in [1.82, 2.24) is 9.88 Å². The Labute approximate surface area is 87.6 Å². The van der Waals surface area contributed by atoms with E-state index in [0.717, 1.165) is 23.4 Å². The Kier molecular flexibility index (Phi) is 4.21. The van der Waals surface area contributed by atoms with Gasteiger partial charge in [-0.3, -0.25) is 0 Å². The molecule has 2 rings (SSSR count). The highest BCUT2D eigenvalue weighted by molar-refractivity contribution is 9.11. The predicted octanol–water partition coefficient (Wildman–Crippen LogP) is 2.73. The fraction of sp³-hybridized carbons (Fsp3) is 0.571. The van der Waals surface area contributed by atoms with Crippen molar-refractivity contribution in [3.05, 3.63) is 14.5 Å². The van der Waals surface area contributed by atoms with Gasteiger partial charge in [-0.05, 0) is 23.0 Å². The average molecular weight is 271 g/mol. The van der Waals surface area contributed by atoms with Crippen molar-refractivity contribution in [3.8, 4) is 0 Å². The molecule has 0 unspecified atom stereocenters. The molecule has 0 N–H and O–H groups in total. The number of fused-ring (bicyclic) bond motifs is 1. The first-order chi connectivity index (χ1) is 6.25. The molecule has 0 saturated carbocycles. The topological polar surface area (TPSA) is 16.1 Å². The normalized spacial score (nSPS) is 16.0. The highest BCUT2D eigenvalue weighted by Gasteiger charge is 2.16. The quantitative estimate of drug-likeness (QED) is 0.721. The lowest BCUT2D eigenvalue weighted by atomic mass is 10.2. The van der Waals surface area contributed by atoms with Crippen LogP contribution in [0.2, 0.25) is 0 Å². The van der Waals surface area contributed by atoms with Crippen LogP contribution in [0.1, 0.15) is 10.6 Å². The number of hydrogen-bond acceptors (Lipinski definition) is 3. The van der Waals surface area contributed by atoms with E-state index in [9.17, 15) is 0 Å². The maximum absolute atomic E-state index is 8.00. The molecule has 0 aromatic carbocycles. The molecule has 0 amide bonds. The molecule has 0 spiro atoms. The minimum Gasteiger partial charge on any atom is -0.301 e. The van der Waals surface area contributed by atoms with Gasteiger partial charge in [0.25, 0.3) is 0 Å². The van der Waals surface area contributed by atoms with E-state index in [1.807, 2.05) is 0 Å². The molecule has 0 fully saturated rings. The summed E-state index contributed by atoms with van der Waals surface area (Å²) in [5.74, 6) is 0. The molecule has 2 nitrogen and oxygen atoms in total. The first kappa shape index (κ1) is 11.0. The lowest BCUT2D eigenvalue weighted by molar-refractivity contribution is 0.108. The first-order valence-electron chi connectivity index (χ1n) is 3.72. The van der Waals surface area contributed by atoms with Crippen LogP contribution in [0.4, 0.5) is 9.15 Å². The molecule has 0 saturated heterocycles. The summed E-state index contributed by atoms with van der Waals surface area (Å²) in [5.41, 5.74) is 1.29. The maximum atomic E-state index is 8.00. The van der Waals surface area contributed by atoms with Crippen molar-refractivity contribution in [1.29, 1.82) is 0 Å². The Morgan fingerprint density at radius 2 is 2.23 bits per heavy atom. The second-order valence-electron chi connectivity index (χ2n) is 2.82. The number of rotatable bonds is 0. The first-order valence-corrected chi connectivity index (χ1v) is 5.33. The van der Waals surface area contributed by atoms with Crippen molar-refractivity contribution in [2.75, 3.05) is 13.6 Å². The Bertz CT molecular complexity index is 279. The molecule has 1 aliphatic rings. The van der Waals surface area contributed by atoms with Gasteiger partial charge in [0.2, 0.25) is 0 Å². The van der Waals surface area contributed by atoms with Crippen molar-refractivity contribution in [3.63, 3.8) is 0 Å². The van der Waals surface area contributed by atoms with Gasteiger partial charge in [0.1, 0.15) is 0 Å². The number of aromatic nitrogens is 1. The predicted molar refractivity (Wildman–Crippen MR) is 52.1 cm³/mol. The lowest BCUT2D eigenvalue weighted by Gasteiger charge is -2.20. The van der Waals surface area contributed by atoms with Gasteiger partial charge in [-0.25, -0.2) is 4.98 Å². The molecule has 13 heavy (non-hydrogen) atoms. The van der Waals surface area contributed by atoms with Crippen molar-refractivity contribution in [2.45, 2.75) is 13.0 Å². The number of halogens is 3. The lowest BCUT2D eigenvalue weighted by Crippen LogP contribution is -2.25. The van der Waals surface area contributed by atoms with Crippen LogP contribution < -0.4 is 0 Å². The van der Waals surface area contributed by atoms with E-state index in [2.05, 4.69) is 32.9 Å². The SMILES string of the molecule is CN1CCc2nc(Br)sc2C1.FF. The van der Waals surface area contributed by atoms with Crippen LogP contribution in [0, 0.1) is 0 Å². The summed E-state index contributed by atoms with van der Waals surface area (Å²) in [6.07, 6.45) is 1.11. The highest BCUT2D eigenvalue weighted by Crippen LogP contribution is 2.27. The second-order valence-corrected chi connectivity index (χ2v) is 5.18. The van der Waals surface area contributed by atoms with E-state index in [0.29, 0.717) is 0 Å². The minimum absolute atomic E-state index is 1.03. The molecule has 1 aromatic heterocycles. The standard InChI is InChI=1S/C7H9BrN2S.F2/c1-10-3-2-5-6(4-10)11-7(8)9-5;1-2/h2-4H2,1H3;. The van der Waals surface area contributed by atoms with E-state index >= 15 is 0 Å². The summed E-state index contributed by atoms with van der Waals surface area (Å²) in [7, 11) is 2.15. The Hall–Kier alpha value is -0.0700. The zero-order valence-corrected chi connectivity index (χ0v) is 9.46. The van der Waals surface area contributed by atoms with E-state index in [1.54, 1.807) is 11.3 Å². The summed E-state index contributed by atoms with van der Waals surface area (Å²) >= 11 is 5.16. The van der Waals surface area contributed by atoms with Crippen LogP contribution in [0.3, 0.4) is 0 Å². The second kappa shape index (κ2) is 4.97. The van der Waals surface area contributed by atoms with Gasteiger partial charge in [-0.15, -0.1) is 11.3 Å². The van der Waals surface area contributed by atoms with Gasteiger partial charge in [-0.2, -0.15) is 0 Å². The van der Waals surface area contributed by atoms with E-state index in [4.69, 9.17) is 9.15 Å². The fourth-order valence-electron chi connectivity index (χ4n) is 1.29. The number of likely N-dealkylation sites (N-methyl/N-ethyl adjacent to an activating group) is 1. The van der Waals surface area contributed by atoms with Crippen LogP contribution in [0.15, 0.2) is 3.92 Å². The Morgan fingerprint density at radius 3 is 2.92 bits per heavy atom. The Morgan fingerprint density at radius 1 is 1.54 bits per heavy atom. The average Bonchev–Trinajstić information content (AvgIpc) is 2.48. The monoisotopic (exact) mass is 270 g/mol. The van der Waals surface area contributed by atoms with Crippen molar-refractivity contribution in [2.24, 2.45) is 0 Å². The van der Waals surface area contributed by atoms with Crippen LogP contribution in [0.25, 0.3) is 0 Å². The van der Waals surface area contributed by atoms with Gasteiger partial charge in [-0.1, -0.05) is 0 Å². The molecule has 0 aliphatic carbocycles. The largest absolute Gasteiger partial charge is 0.301 e. The summed E-state index contributed by atoms with van der Waals surface area (Å²) in [4.78, 5) is 8.14. The van der Waals surface area contributed by atoms with Crippen LogP contribution >= 0.6 is 27.3 Å². The third-order valence-electron chi connectivity index (χ3n) is 1.90. The Balaban J connectivity index is 0.000000396. The zero-order chi connectivity index (χ0) is 9.84. The molecule has 0 atom stereocenters. The van der Waals surface area contributed by atoms with Gasteiger partial charge in [0, 0.05) is 33.5 Å². The highest BCUT2D eigenvalue weighted by atomic mass is 79.9. The summed E-state index contributed by atoms with van der Waals surface area (Å²) in [5, 5.41) is 0. The smallest absolute Gasteiger partial charge is 0.159 e.